The highest BCUT2D eigenvalue weighted by atomic mass is 16.2. The molecule has 0 atom stereocenters. The molecule has 0 saturated carbocycles. The summed E-state index contributed by atoms with van der Waals surface area (Å²) in [7, 11) is 0. The Morgan fingerprint density at radius 2 is 2.14 bits per heavy atom. The van der Waals surface area contributed by atoms with Crippen LogP contribution in [0.5, 0.6) is 0 Å². The Hall–Kier alpha value is -2.04. The first kappa shape index (κ1) is 14.9. The van der Waals surface area contributed by atoms with Gasteiger partial charge in [0.1, 0.15) is 5.69 Å². The first-order chi connectivity index (χ1) is 10.7. The highest BCUT2D eigenvalue weighted by molar-refractivity contribution is 5.92. The largest absolute Gasteiger partial charge is 0.354 e. The zero-order valence-electron chi connectivity index (χ0n) is 13.4. The van der Waals surface area contributed by atoms with Gasteiger partial charge in [-0.25, -0.2) is 0 Å². The number of piperidine rings is 1. The topological polar surface area (TPSA) is 53.9 Å². The van der Waals surface area contributed by atoms with E-state index in [9.17, 15) is 4.79 Å². The quantitative estimate of drug-likeness (QED) is 0.943. The van der Waals surface area contributed by atoms with E-state index in [4.69, 9.17) is 0 Å². The predicted molar refractivity (Wildman–Crippen MR) is 85.8 cm³/mol. The molecule has 1 fully saturated rings. The first-order valence-electron chi connectivity index (χ1n) is 8.12. The summed E-state index contributed by atoms with van der Waals surface area (Å²) in [5, 5.41) is 4.35. The lowest BCUT2D eigenvalue weighted by molar-refractivity contribution is 0.0676. The van der Waals surface area contributed by atoms with Crippen molar-refractivity contribution >= 4 is 5.91 Å². The number of nitrogens with zero attached hydrogens (tertiary/aromatic N) is 3. The van der Waals surface area contributed by atoms with E-state index in [-0.39, 0.29) is 5.91 Å². The molecule has 22 heavy (non-hydrogen) atoms. The molecule has 1 aliphatic heterocycles. The van der Waals surface area contributed by atoms with Crippen molar-refractivity contribution in [3.8, 4) is 0 Å². The summed E-state index contributed by atoms with van der Waals surface area (Å²) in [5.41, 5.74) is 3.04. The molecule has 2 aromatic rings. The summed E-state index contributed by atoms with van der Waals surface area (Å²) in [4.78, 5) is 17.7. The van der Waals surface area contributed by atoms with Crippen molar-refractivity contribution in [3.05, 3.63) is 41.5 Å². The molecule has 1 saturated heterocycles. The Balaban J connectivity index is 1.53. The first-order valence-corrected chi connectivity index (χ1v) is 8.12. The third-order valence-corrected chi connectivity index (χ3v) is 4.47. The summed E-state index contributed by atoms with van der Waals surface area (Å²) in [6.45, 7) is 6.78. The molecule has 0 unspecified atom stereocenters. The average molecular weight is 300 g/mol. The highest BCUT2D eigenvalue weighted by Gasteiger charge is 2.24. The number of likely N-dealkylation sites (tertiary alicyclic amines) is 1. The zero-order chi connectivity index (χ0) is 15.5. The maximum Gasteiger partial charge on any atom is 0.270 e. The summed E-state index contributed by atoms with van der Waals surface area (Å²) < 4.78 is 2.02. The molecular weight excluding hydrogens is 276 g/mol. The molecular formula is C17H24N4O. The molecule has 1 amide bonds. The van der Waals surface area contributed by atoms with Gasteiger partial charge in [-0.1, -0.05) is 6.92 Å². The molecule has 5 nitrogen and oxygen atoms in total. The van der Waals surface area contributed by atoms with Crippen molar-refractivity contribution in [3.63, 3.8) is 0 Å². The SMILES string of the molecule is CCc1ccc(C(=O)N2CCC(Cn3cc(C)cn3)CC2)[nH]1. The second-order valence-corrected chi connectivity index (χ2v) is 6.23. The highest BCUT2D eigenvalue weighted by Crippen LogP contribution is 2.20. The van der Waals surface area contributed by atoms with Crippen molar-refractivity contribution in [2.24, 2.45) is 5.92 Å². The van der Waals surface area contributed by atoms with E-state index in [1.165, 1.54) is 5.56 Å². The number of carbonyl (C=O) groups excluding carboxylic acids is 1. The summed E-state index contributed by atoms with van der Waals surface area (Å²) in [6.07, 6.45) is 7.01. The number of rotatable bonds is 4. The molecule has 118 valence electrons. The number of hydrogen-bond donors (Lipinski definition) is 1. The van der Waals surface area contributed by atoms with Crippen LogP contribution >= 0.6 is 0 Å². The Kier molecular flexibility index (Phi) is 4.32. The number of carbonyl (C=O) groups is 1. The van der Waals surface area contributed by atoms with E-state index in [0.717, 1.165) is 50.3 Å². The van der Waals surface area contributed by atoms with Gasteiger partial charge in [-0.3, -0.25) is 9.48 Å². The van der Waals surface area contributed by atoms with Gasteiger partial charge in [-0.05, 0) is 49.8 Å². The third-order valence-electron chi connectivity index (χ3n) is 4.47. The molecule has 3 rings (SSSR count). The Labute approximate surface area is 131 Å². The summed E-state index contributed by atoms with van der Waals surface area (Å²) >= 11 is 0. The van der Waals surface area contributed by atoms with Crippen LogP contribution in [0.3, 0.4) is 0 Å². The van der Waals surface area contributed by atoms with Gasteiger partial charge < -0.3 is 9.88 Å². The molecule has 0 bridgehead atoms. The van der Waals surface area contributed by atoms with Crippen LogP contribution in [-0.4, -0.2) is 38.7 Å². The molecule has 2 aromatic heterocycles. The maximum atomic E-state index is 12.5. The molecule has 0 spiro atoms. The van der Waals surface area contributed by atoms with E-state index < -0.39 is 0 Å². The Morgan fingerprint density at radius 1 is 1.36 bits per heavy atom. The van der Waals surface area contributed by atoms with Crippen molar-refractivity contribution in [2.75, 3.05) is 13.1 Å². The molecule has 0 radical (unpaired) electrons. The number of amides is 1. The molecule has 5 heteroatoms. The van der Waals surface area contributed by atoms with Crippen LogP contribution in [0.25, 0.3) is 0 Å². The van der Waals surface area contributed by atoms with E-state index in [2.05, 4.69) is 30.1 Å². The molecule has 0 aromatic carbocycles. The van der Waals surface area contributed by atoms with Crippen LogP contribution in [0.2, 0.25) is 0 Å². The van der Waals surface area contributed by atoms with Crippen LogP contribution in [0.15, 0.2) is 24.5 Å². The van der Waals surface area contributed by atoms with E-state index >= 15 is 0 Å². The van der Waals surface area contributed by atoms with Crippen LogP contribution in [0.4, 0.5) is 0 Å². The number of aromatic nitrogens is 3. The minimum Gasteiger partial charge on any atom is -0.354 e. The lowest BCUT2D eigenvalue weighted by Crippen LogP contribution is -2.39. The second-order valence-electron chi connectivity index (χ2n) is 6.23. The van der Waals surface area contributed by atoms with Gasteiger partial charge >= 0.3 is 0 Å². The summed E-state index contributed by atoms with van der Waals surface area (Å²) in [6, 6.07) is 3.90. The minimum absolute atomic E-state index is 0.132. The summed E-state index contributed by atoms with van der Waals surface area (Å²) in [5.74, 6) is 0.742. The van der Waals surface area contributed by atoms with Crippen molar-refractivity contribution in [2.45, 2.75) is 39.7 Å². The van der Waals surface area contributed by atoms with E-state index in [0.29, 0.717) is 5.92 Å². The van der Waals surface area contributed by atoms with E-state index in [1.54, 1.807) is 0 Å². The molecule has 1 aliphatic rings. The second kappa shape index (κ2) is 6.38. The van der Waals surface area contributed by atoms with Crippen molar-refractivity contribution in [1.29, 1.82) is 0 Å². The zero-order valence-corrected chi connectivity index (χ0v) is 13.4. The van der Waals surface area contributed by atoms with Crippen LogP contribution in [0.1, 0.15) is 41.5 Å². The smallest absolute Gasteiger partial charge is 0.270 e. The minimum atomic E-state index is 0.132. The Bertz CT molecular complexity index is 635. The molecule has 0 aliphatic carbocycles. The van der Waals surface area contributed by atoms with Gasteiger partial charge in [0.05, 0.1) is 6.20 Å². The van der Waals surface area contributed by atoms with E-state index in [1.807, 2.05) is 27.9 Å². The van der Waals surface area contributed by atoms with Gasteiger partial charge in [-0.2, -0.15) is 5.10 Å². The van der Waals surface area contributed by atoms with Crippen molar-refractivity contribution < 1.29 is 4.79 Å². The number of aryl methyl sites for hydroxylation is 2. The normalized spacial score (nSPS) is 16.2. The monoisotopic (exact) mass is 300 g/mol. The maximum absolute atomic E-state index is 12.5. The van der Waals surface area contributed by atoms with Crippen LogP contribution in [0, 0.1) is 12.8 Å². The standard InChI is InChI=1S/C17H24N4O/c1-3-15-4-5-16(19-15)17(22)20-8-6-14(7-9-20)12-21-11-13(2)10-18-21/h4-5,10-11,14,19H,3,6-9,12H2,1-2H3. The number of nitrogens with one attached hydrogen (secondary N) is 1. The van der Waals surface area contributed by atoms with Gasteiger partial charge in [0.2, 0.25) is 0 Å². The fourth-order valence-corrected chi connectivity index (χ4v) is 3.09. The molecule has 3 heterocycles. The average Bonchev–Trinajstić information content (AvgIpc) is 3.16. The van der Waals surface area contributed by atoms with Gasteiger partial charge in [0.15, 0.2) is 0 Å². The predicted octanol–water partition coefficient (Wildman–Crippen LogP) is 2.63. The fourth-order valence-electron chi connectivity index (χ4n) is 3.09. The van der Waals surface area contributed by atoms with Crippen molar-refractivity contribution in [1.82, 2.24) is 19.7 Å². The molecule has 1 N–H and O–H groups in total. The van der Waals surface area contributed by atoms with Crippen LogP contribution in [-0.2, 0) is 13.0 Å². The number of aromatic amines is 1. The number of H-pyrrole nitrogens is 1. The lowest BCUT2D eigenvalue weighted by Gasteiger charge is -2.31. The third kappa shape index (κ3) is 3.24. The fraction of sp³-hybridized carbons (Fsp3) is 0.529. The van der Waals surface area contributed by atoms with Gasteiger partial charge in [0.25, 0.3) is 5.91 Å². The lowest BCUT2D eigenvalue weighted by atomic mass is 9.96. The number of hydrogen-bond acceptors (Lipinski definition) is 2. The van der Waals surface area contributed by atoms with Gasteiger partial charge in [-0.15, -0.1) is 0 Å². The van der Waals surface area contributed by atoms with Gasteiger partial charge in [0, 0.05) is 31.5 Å². The Morgan fingerprint density at radius 3 is 2.73 bits per heavy atom. The van der Waals surface area contributed by atoms with Crippen LogP contribution < -0.4 is 0 Å².